The average Bonchev–Trinajstić information content (AvgIpc) is 3.25. The van der Waals surface area contributed by atoms with Gasteiger partial charge in [0.25, 0.3) is 0 Å². The lowest BCUT2D eigenvalue weighted by Crippen LogP contribution is -2.31. The first-order chi connectivity index (χ1) is 13.8. The number of carbonyl (C=O) groups excluding carboxylic acids is 1. The van der Waals surface area contributed by atoms with Crippen LogP contribution in [0.4, 0.5) is 5.82 Å². The van der Waals surface area contributed by atoms with Gasteiger partial charge in [0.1, 0.15) is 17.2 Å². The third-order valence-electron chi connectivity index (χ3n) is 5.27. The Bertz CT molecular complexity index is 1160. The fourth-order valence-electron chi connectivity index (χ4n) is 3.71. The number of rotatable bonds is 4. The molecule has 9 nitrogen and oxygen atoms in total. The summed E-state index contributed by atoms with van der Waals surface area (Å²) in [5.41, 5.74) is 2.05. The van der Waals surface area contributed by atoms with E-state index in [0.29, 0.717) is 42.3 Å². The van der Waals surface area contributed by atoms with Crippen LogP contribution in [0.2, 0.25) is 0 Å². The topological polar surface area (TPSA) is 100 Å². The molecule has 1 aliphatic heterocycles. The first kappa shape index (κ1) is 19.3. The van der Waals surface area contributed by atoms with Gasteiger partial charge in [-0.05, 0) is 24.6 Å². The molecule has 3 aromatic heterocycles. The zero-order valence-corrected chi connectivity index (χ0v) is 16.9. The van der Waals surface area contributed by atoms with Crippen LogP contribution in [0.3, 0.4) is 0 Å². The van der Waals surface area contributed by atoms with E-state index in [1.165, 1.54) is 16.1 Å². The molecular formula is C20H23N5O4. The summed E-state index contributed by atoms with van der Waals surface area (Å²) < 4.78 is 14.4. The predicted molar refractivity (Wildman–Crippen MR) is 107 cm³/mol. The Balaban J connectivity index is 1.94. The van der Waals surface area contributed by atoms with Crippen LogP contribution < -0.4 is 11.0 Å². The number of imidazole rings is 1. The van der Waals surface area contributed by atoms with Crippen LogP contribution in [0.1, 0.15) is 24.6 Å². The van der Waals surface area contributed by atoms with Crippen LogP contribution in [0.25, 0.3) is 16.9 Å². The minimum Gasteiger partial charge on any atom is -0.378 e. The van der Waals surface area contributed by atoms with Gasteiger partial charge in [-0.1, -0.05) is 0 Å². The number of ether oxygens (including phenoxy) is 2. The van der Waals surface area contributed by atoms with E-state index in [0.717, 1.165) is 11.3 Å². The van der Waals surface area contributed by atoms with Crippen molar-refractivity contribution in [1.29, 1.82) is 0 Å². The van der Waals surface area contributed by atoms with E-state index in [-0.39, 0.29) is 11.6 Å². The van der Waals surface area contributed by atoms with E-state index in [2.05, 4.69) is 10.3 Å². The Morgan fingerprint density at radius 2 is 2.10 bits per heavy atom. The number of fused-ring (bicyclic) bond motifs is 1. The van der Waals surface area contributed by atoms with E-state index in [4.69, 9.17) is 14.5 Å². The molecule has 0 aromatic carbocycles. The van der Waals surface area contributed by atoms with Crippen molar-refractivity contribution in [2.75, 3.05) is 25.6 Å². The van der Waals surface area contributed by atoms with E-state index >= 15 is 0 Å². The summed E-state index contributed by atoms with van der Waals surface area (Å²) in [5.74, 6) is 0.620. The second-order valence-electron chi connectivity index (χ2n) is 7.31. The largest absolute Gasteiger partial charge is 0.378 e. The molecule has 1 saturated heterocycles. The van der Waals surface area contributed by atoms with Gasteiger partial charge < -0.3 is 14.8 Å². The molecule has 4 rings (SSSR count). The van der Waals surface area contributed by atoms with E-state index in [9.17, 15) is 9.59 Å². The van der Waals surface area contributed by atoms with Crippen molar-refractivity contribution in [1.82, 2.24) is 19.1 Å². The van der Waals surface area contributed by atoms with Crippen molar-refractivity contribution >= 4 is 22.8 Å². The monoisotopic (exact) mass is 397 g/mol. The molecule has 0 spiro atoms. The molecule has 1 fully saturated rings. The van der Waals surface area contributed by atoms with Crippen molar-refractivity contribution in [3.05, 3.63) is 46.1 Å². The van der Waals surface area contributed by atoms with E-state index in [1.54, 1.807) is 26.4 Å². The van der Waals surface area contributed by atoms with Gasteiger partial charge in [-0.25, -0.2) is 19.3 Å². The van der Waals surface area contributed by atoms with Crippen molar-refractivity contribution in [2.45, 2.75) is 25.9 Å². The number of pyridine rings is 2. The highest BCUT2D eigenvalue weighted by Crippen LogP contribution is 2.34. The van der Waals surface area contributed by atoms with Gasteiger partial charge in [0.2, 0.25) is 5.91 Å². The Morgan fingerprint density at radius 3 is 2.76 bits per heavy atom. The van der Waals surface area contributed by atoms with Crippen molar-refractivity contribution in [3.63, 3.8) is 0 Å². The Labute approximate surface area is 167 Å². The number of methoxy groups -OCH3 is 1. The highest BCUT2D eigenvalue weighted by Gasteiger charge is 2.38. The smallest absolute Gasteiger partial charge is 0.334 e. The number of nitrogens with zero attached hydrogens (tertiary/aromatic N) is 4. The first-order valence-corrected chi connectivity index (χ1v) is 9.32. The normalized spacial score (nSPS) is 19.0. The Morgan fingerprint density at radius 1 is 1.31 bits per heavy atom. The number of aryl methyl sites for hydroxylation is 2. The van der Waals surface area contributed by atoms with Crippen LogP contribution in [-0.2, 0) is 26.9 Å². The number of anilines is 1. The quantitative estimate of drug-likeness (QED) is 0.719. The molecule has 0 bridgehead atoms. The number of hydrogen-bond acceptors (Lipinski definition) is 6. The Kier molecular flexibility index (Phi) is 4.71. The number of amides is 1. The maximum absolute atomic E-state index is 13.0. The molecule has 1 aliphatic rings. The minimum atomic E-state index is -0.627. The fraction of sp³-hybridized carbons (Fsp3) is 0.400. The van der Waals surface area contributed by atoms with Crippen molar-refractivity contribution in [3.8, 4) is 5.82 Å². The summed E-state index contributed by atoms with van der Waals surface area (Å²) in [5, 5.41) is 2.66. The molecule has 0 saturated carbocycles. The van der Waals surface area contributed by atoms with Crippen LogP contribution in [-0.4, -0.2) is 45.3 Å². The fourth-order valence-corrected chi connectivity index (χ4v) is 3.71. The lowest BCUT2D eigenvalue weighted by atomic mass is 9.97. The van der Waals surface area contributed by atoms with Crippen molar-refractivity contribution < 1.29 is 14.3 Å². The SMILES string of the molecule is CO[C@]1(c2cc(C)cc(-n3c(=O)n(C)c4cnc(NC(C)=O)cc43)n2)CCOC1. The molecule has 1 amide bonds. The molecule has 3 aromatic rings. The lowest BCUT2D eigenvalue weighted by molar-refractivity contribution is -0.114. The second kappa shape index (κ2) is 7.09. The van der Waals surface area contributed by atoms with Crippen LogP contribution in [0.15, 0.2) is 29.2 Å². The van der Waals surface area contributed by atoms with Gasteiger partial charge in [-0.3, -0.25) is 9.36 Å². The Hall–Kier alpha value is -3.04. The maximum Gasteiger partial charge on any atom is 0.334 e. The predicted octanol–water partition coefficient (Wildman–Crippen LogP) is 1.65. The van der Waals surface area contributed by atoms with Crippen molar-refractivity contribution in [2.24, 2.45) is 7.05 Å². The first-order valence-electron chi connectivity index (χ1n) is 9.32. The van der Waals surface area contributed by atoms with Gasteiger partial charge in [-0.15, -0.1) is 0 Å². The van der Waals surface area contributed by atoms with E-state index in [1.807, 2.05) is 19.1 Å². The average molecular weight is 397 g/mol. The number of carbonyl (C=O) groups is 1. The van der Waals surface area contributed by atoms with Gasteiger partial charge in [0, 0.05) is 40.2 Å². The molecule has 0 aliphatic carbocycles. The van der Waals surface area contributed by atoms with E-state index < -0.39 is 5.60 Å². The third kappa shape index (κ3) is 3.22. The summed E-state index contributed by atoms with van der Waals surface area (Å²) in [7, 11) is 3.33. The molecule has 9 heteroatoms. The van der Waals surface area contributed by atoms with Gasteiger partial charge in [-0.2, -0.15) is 0 Å². The number of nitrogens with one attached hydrogen (secondary N) is 1. The molecule has 1 atom stereocenters. The molecule has 0 unspecified atom stereocenters. The van der Waals surface area contributed by atoms with Crippen LogP contribution >= 0.6 is 0 Å². The standard InChI is InChI=1S/C20H23N5O4/c1-12-7-16(20(28-4)5-6-29-11-20)23-18(8-12)25-14-9-17(22-13(2)26)21-10-15(14)24(3)19(25)27/h7-10H,5-6,11H2,1-4H3,(H,21,22,26)/t20-/m1/s1. The highest BCUT2D eigenvalue weighted by molar-refractivity contribution is 5.90. The summed E-state index contributed by atoms with van der Waals surface area (Å²) >= 11 is 0. The zero-order chi connectivity index (χ0) is 20.8. The molecule has 29 heavy (non-hydrogen) atoms. The lowest BCUT2D eigenvalue weighted by Gasteiger charge is -2.26. The van der Waals surface area contributed by atoms with Gasteiger partial charge in [0.15, 0.2) is 0 Å². The number of hydrogen-bond donors (Lipinski definition) is 1. The molecule has 4 heterocycles. The van der Waals surface area contributed by atoms with Gasteiger partial charge in [0.05, 0.1) is 29.5 Å². The highest BCUT2D eigenvalue weighted by atomic mass is 16.5. The molecular weight excluding hydrogens is 374 g/mol. The second-order valence-corrected chi connectivity index (χ2v) is 7.31. The minimum absolute atomic E-state index is 0.235. The summed E-state index contributed by atoms with van der Waals surface area (Å²) in [6, 6.07) is 5.48. The zero-order valence-electron chi connectivity index (χ0n) is 16.9. The maximum atomic E-state index is 13.0. The number of aromatic nitrogens is 4. The van der Waals surface area contributed by atoms with Crippen LogP contribution in [0, 0.1) is 6.92 Å². The third-order valence-corrected chi connectivity index (χ3v) is 5.27. The molecule has 1 N–H and O–H groups in total. The van der Waals surface area contributed by atoms with Crippen LogP contribution in [0.5, 0.6) is 0 Å². The summed E-state index contributed by atoms with van der Waals surface area (Å²) in [6.07, 6.45) is 2.26. The molecule has 152 valence electrons. The van der Waals surface area contributed by atoms with Gasteiger partial charge >= 0.3 is 5.69 Å². The molecule has 0 radical (unpaired) electrons. The summed E-state index contributed by atoms with van der Waals surface area (Å²) in [6.45, 7) is 4.37. The summed E-state index contributed by atoms with van der Waals surface area (Å²) in [4.78, 5) is 33.4.